The van der Waals surface area contributed by atoms with Gasteiger partial charge in [0.2, 0.25) is 0 Å². The monoisotopic (exact) mass is 219 g/mol. The summed E-state index contributed by atoms with van der Waals surface area (Å²) >= 11 is 0. The molecule has 0 amide bonds. The van der Waals surface area contributed by atoms with Crippen LogP contribution in [-0.4, -0.2) is 30.0 Å². The number of hydrogen-bond donors (Lipinski definition) is 2. The number of benzene rings is 1. The van der Waals surface area contributed by atoms with E-state index >= 15 is 0 Å². The lowest BCUT2D eigenvalue weighted by molar-refractivity contribution is -0.0943. The van der Waals surface area contributed by atoms with Gasteiger partial charge in [0.05, 0.1) is 12.6 Å². The number of nitrogens with one attached hydrogen (secondary N) is 1. The van der Waals surface area contributed by atoms with Crippen LogP contribution in [0.25, 0.3) is 0 Å². The molecule has 1 aromatic rings. The molecule has 0 aliphatic carbocycles. The van der Waals surface area contributed by atoms with E-state index < -0.39 is 5.60 Å². The second kappa shape index (κ2) is 3.75. The molecule has 0 spiro atoms. The van der Waals surface area contributed by atoms with Gasteiger partial charge in [-0.05, 0) is 30.9 Å². The first-order valence-electron chi connectivity index (χ1n) is 5.92. The number of hydrogen-bond acceptors (Lipinski definition) is 3. The Morgan fingerprint density at radius 1 is 1.38 bits per heavy atom. The van der Waals surface area contributed by atoms with Crippen molar-refractivity contribution in [2.24, 2.45) is 0 Å². The van der Waals surface area contributed by atoms with Gasteiger partial charge < -0.3 is 15.2 Å². The third kappa shape index (κ3) is 1.60. The molecule has 1 saturated heterocycles. The molecule has 1 aromatic carbocycles. The molecule has 2 unspecified atom stereocenters. The first-order valence-corrected chi connectivity index (χ1v) is 5.92. The molecule has 0 bridgehead atoms. The lowest BCUT2D eigenvalue weighted by atomic mass is 9.87. The van der Waals surface area contributed by atoms with Gasteiger partial charge in [0, 0.05) is 12.3 Å². The van der Waals surface area contributed by atoms with E-state index in [2.05, 4.69) is 17.4 Å². The molecule has 3 heteroatoms. The van der Waals surface area contributed by atoms with Crippen molar-refractivity contribution < 1.29 is 9.84 Å². The third-order valence-electron chi connectivity index (χ3n) is 3.67. The van der Waals surface area contributed by atoms with Crippen LogP contribution in [0.3, 0.4) is 0 Å². The quantitative estimate of drug-likeness (QED) is 0.753. The van der Waals surface area contributed by atoms with Crippen molar-refractivity contribution in [3.05, 3.63) is 29.8 Å². The number of para-hydroxylation sites is 1. The SMILES string of the molecule is OC1(C2Cc3ccccc3N2)CCCOC1. The largest absolute Gasteiger partial charge is 0.385 e. The maximum atomic E-state index is 10.6. The van der Waals surface area contributed by atoms with E-state index in [4.69, 9.17) is 4.74 Å². The molecular weight excluding hydrogens is 202 g/mol. The number of ether oxygens (including phenoxy) is 1. The molecule has 2 N–H and O–H groups in total. The summed E-state index contributed by atoms with van der Waals surface area (Å²) in [5.74, 6) is 0. The van der Waals surface area contributed by atoms with Crippen LogP contribution >= 0.6 is 0 Å². The summed E-state index contributed by atoms with van der Waals surface area (Å²) in [5, 5.41) is 14.0. The second-order valence-electron chi connectivity index (χ2n) is 4.82. The minimum absolute atomic E-state index is 0.102. The van der Waals surface area contributed by atoms with Crippen LogP contribution < -0.4 is 5.32 Å². The summed E-state index contributed by atoms with van der Waals surface area (Å²) in [7, 11) is 0. The zero-order valence-corrected chi connectivity index (χ0v) is 9.28. The van der Waals surface area contributed by atoms with E-state index in [1.165, 1.54) is 5.56 Å². The summed E-state index contributed by atoms with van der Waals surface area (Å²) in [5.41, 5.74) is 1.76. The Balaban J connectivity index is 1.80. The van der Waals surface area contributed by atoms with E-state index in [0.29, 0.717) is 6.61 Å². The minimum Gasteiger partial charge on any atom is -0.385 e. The average Bonchev–Trinajstić information content (AvgIpc) is 2.74. The maximum Gasteiger partial charge on any atom is 0.108 e. The molecule has 0 aromatic heterocycles. The number of anilines is 1. The van der Waals surface area contributed by atoms with Crippen LogP contribution in [0.2, 0.25) is 0 Å². The van der Waals surface area contributed by atoms with Crippen LogP contribution in [-0.2, 0) is 11.2 Å². The third-order valence-corrected chi connectivity index (χ3v) is 3.67. The minimum atomic E-state index is -0.697. The molecule has 2 aliphatic rings. The predicted octanol–water partition coefficient (Wildman–Crippen LogP) is 1.56. The van der Waals surface area contributed by atoms with Crippen molar-refractivity contribution in [2.75, 3.05) is 18.5 Å². The fraction of sp³-hybridized carbons (Fsp3) is 0.538. The van der Waals surface area contributed by atoms with E-state index in [9.17, 15) is 5.11 Å². The standard InChI is InChI=1S/C13H17NO2/c15-13(6-3-7-16-9-13)12-8-10-4-1-2-5-11(10)14-12/h1-2,4-5,12,14-15H,3,6-9H2. The Bertz CT molecular complexity index is 360. The van der Waals surface area contributed by atoms with Crippen molar-refractivity contribution in [1.29, 1.82) is 0 Å². The van der Waals surface area contributed by atoms with Crippen LogP contribution in [0.5, 0.6) is 0 Å². The molecule has 3 nitrogen and oxygen atoms in total. The Morgan fingerprint density at radius 3 is 3.00 bits per heavy atom. The van der Waals surface area contributed by atoms with Gasteiger partial charge in [-0.3, -0.25) is 0 Å². The van der Waals surface area contributed by atoms with Gasteiger partial charge in [-0.1, -0.05) is 18.2 Å². The summed E-state index contributed by atoms with van der Waals surface area (Å²) in [6, 6.07) is 8.36. The lowest BCUT2D eigenvalue weighted by Gasteiger charge is -2.37. The highest BCUT2D eigenvalue weighted by molar-refractivity contribution is 5.57. The highest BCUT2D eigenvalue weighted by atomic mass is 16.5. The van der Waals surface area contributed by atoms with Gasteiger partial charge in [-0.2, -0.15) is 0 Å². The van der Waals surface area contributed by atoms with Gasteiger partial charge >= 0.3 is 0 Å². The first kappa shape index (κ1) is 10.1. The fourth-order valence-corrected chi connectivity index (χ4v) is 2.70. The maximum absolute atomic E-state index is 10.6. The van der Waals surface area contributed by atoms with E-state index in [1.54, 1.807) is 0 Å². The average molecular weight is 219 g/mol. The smallest absolute Gasteiger partial charge is 0.108 e. The fourth-order valence-electron chi connectivity index (χ4n) is 2.70. The highest BCUT2D eigenvalue weighted by Gasteiger charge is 2.41. The Hall–Kier alpha value is -1.06. The van der Waals surface area contributed by atoms with Gasteiger partial charge in [0.25, 0.3) is 0 Å². The normalized spacial score (nSPS) is 33.2. The molecule has 86 valence electrons. The molecule has 0 saturated carbocycles. The van der Waals surface area contributed by atoms with Gasteiger partial charge in [0.15, 0.2) is 0 Å². The molecule has 2 atom stereocenters. The number of aliphatic hydroxyl groups is 1. The van der Waals surface area contributed by atoms with Gasteiger partial charge in [-0.25, -0.2) is 0 Å². The first-order chi connectivity index (χ1) is 7.78. The molecule has 0 radical (unpaired) electrons. The molecular formula is C13H17NO2. The van der Waals surface area contributed by atoms with Crippen molar-refractivity contribution in [3.63, 3.8) is 0 Å². The summed E-state index contributed by atoms with van der Waals surface area (Å²) in [4.78, 5) is 0. The molecule has 2 heterocycles. The Morgan fingerprint density at radius 2 is 2.25 bits per heavy atom. The molecule has 2 aliphatic heterocycles. The van der Waals surface area contributed by atoms with Crippen molar-refractivity contribution >= 4 is 5.69 Å². The predicted molar refractivity (Wildman–Crippen MR) is 62.6 cm³/mol. The van der Waals surface area contributed by atoms with Crippen molar-refractivity contribution in [3.8, 4) is 0 Å². The van der Waals surface area contributed by atoms with Gasteiger partial charge in [-0.15, -0.1) is 0 Å². The summed E-state index contributed by atoms with van der Waals surface area (Å²) in [6.45, 7) is 1.24. The van der Waals surface area contributed by atoms with Crippen molar-refractivity contribution in [2.45, 2.75) is 30.9 Å². The van der Waals surface area contributed by atoms with Crippen LogP contribution in [0.15, 0.2) is 24.3 Å². The highest BCUT2D eigenvalue weighted by Crippen LogP contribution is 2.34. The number of rotatable bonds is 1. The lowest BCUT2D eigenvalue weighted by Crippen LogP contribution is -2.51. The topological polar surface area (TPSA) is 41.5 Å². The van der Waals surface area contributed by atoms with Gasteiger partial charge in [0.1, 0.15) is 5.60 Å². The summed E-state index contributed by atoms with van der Waals surface area (Å²) in [6.07, 6.45) is 2.68. The zero-order valence-electron chi connectivity index (χ0n) is 9.28. The van der Waals surface area contributed by atoms with E-state index in [1.807, 2.05) is 12.1 Å². The van der Waals surface area contributed by atoms with Crippen LogP contribution in [0.1, 0.15) is 18.4 Å². The van der Waals surface area contributed by atoms with Crippen LogP contribution in [0.4, 0.5) is 5.69 Å². The Labute approximate surface area is 95.4 Å². The van der Waals surface area contributed by atoms with Crippen LogP contribution in [0, 0.1) is 0 Å². The second-order valence-corrected chi connectivity index (χ2v) is 4.82. The molecule has 16 heavy (non-hydrogen) atoms. The summed E-state index contributed by atoms with van der Waals surface area (Å²) < 4.78 is 5.41. The zero-order chi connectivity index (χ0) is 11.0. The Kier molecular flexibility index (Phi) is 2.37. The number of fused-ring (bicyclic) bond motifs is 1. The van der Waals surface area contributed by atoms with Crippen molar-refractivity contribution in [1.82, 2.24) is 0 Å². The molecule has 3 rings (SSSR count). The van der Waals surface area contributed by atoms with E-state index in [0.717, 1.165) is 31.6 Å². The van der Waals surface area contributed by atoms with E-state index in [-0.39, 0.29) is 6.04 Å². The molecule has 1 fully saturated rings.